The fourth-order valence-electron chi connectivity index (χ4n) is 2.18. The number of carbonyl (C=O) groups excluding carboxylic acids is 1. The maximum atomic E-state index is 13.2. The van der Waals surface area contributed by atoms with Gasteiger partial charge in [0.15, 0.2) is 11.6 Å². The van der Waals surface area contributed by atoms with Crippen LogP contribution in [0.1, 0.15) is 0 Å². The molecule has 1 heterocycles. The van der Waals surface area contributed by atoms with Crippen LogP contribution < -0.4 is 0 Å². The Morgan fingerprint density at radius 2 is 1.82 bits per heavy atom. The van der Waals surface area contributed by atoms with Gasteiger partial charge in [0, 0.05) is 26.2 Å². The van der Waals surface area contributed by atoms with Crippen molar-refractivity contribution < 1.29 is 22.0 Å². The van der Waals surface area contributed by atoms with Gasteiger partial charge < -0.3 is 4.90 Å². The minimum atomic E-state index is -3.88. The first-order valence-electron chi connectivity index (χ1n) is 6.58. The lowest BCUT2D eigenvalue weighted by molar-refractivity contribution is -0.129. The molecule has 1 amide bonds. The first kappa shape index (κ1) is 17.2. The largest absolute Gasteiger partial charge is 0.339 e. The number of benzene rings is 1. The molecule has 122 valence electrons. The summed E-state index contributed by atoms with van der Waals surface area (Å²) in [5, 5.41) is 0. The monoisotopic (exact) mass is 350 g/mol. The van der Waals surface area contributed by atoms with Crippen LogP contribution in [-0.4, -0.2) is 61.7 Å². The molecule has 0 atom stereocenters. The average molecular weight is 350 g/mol. The van der Waals surface area contributed by atoms with Crippen molar-refractivity contribution in [3.63, 3.8) is 0 Å². The molecule has 1 aromatic carbocycles. The second-order valence-corrected chi connectivity index (χ2v) is 7.60. The zero-order chi connectivity index (χ0) is 16.3. The first-order valence-corrected chi connectivity index (χ1v) is 9.41. The van der Waals surface area contributed by atoms with Gasteiger partial charge in [-0.3, -0.25) is 4.79 Å². The predicted octanol–water partition coefficient (Wildman–Crippen LogP) is 1.16. The predicted molar refractivity (Wildman–Crippen MR) is 80.1 cm³/mol. The topological polar surface area (TPSA) is 57.7 Å². The summed E-state index contributed by atoms with van der Waals surface area (Å²) in [6.45, 7) is 0.869. The molecular formula is C13H16F2N2O3S2. The number of amides is 1. The molecule has 0 bridgehead atoms. The number of piperazine rings is 1. The third-order valence-corrected chi connectivity index (χ3v) is 5.82. The highest BCUT2D eigenvalue weighted by molar-refractivity contribution is 7.99. The summed E-state index contributed by atoms with van der Waals surface area (Å²) in [6, 6.07) is 2.51. The molecule has 0 N–H and O–H groups in total. The van der Waals surface area contributed by atoms with Crippen molar-refractivity contribution in [2.45, 2.75) is 4.90 Å². The molecule has 9 heteroatoms. The maximum Gasteiger partial charge on any atom is 0.243 e. The van der Waals surface area contributed by atoms with Crippen molar-refractivity contribution in [3.8, 4) is 0 Å². The van der Waals surface area contributed by atoms with E-state index in [2.05, 4.69) is 0 Å². The van der Waals surface area contributed by atoms with E-state index < -0.39 is 21.7 Å². The third-order valence-electron chi connectivity index (χ3n) is 3.39. The van der Waals surface area contributed by atoms with Crippen LogP contribution in [0.3, 0.4) is 0 Å². The molecule has 1 aliphatic rings. The highest BCUT2D eigenvalue weighted by Gasteiger charge is 2.30. The Kier molecular flexibility index (Phi) is 5.41. The Balaban J connectivity index is 2.09. The highest BCUT2D eigenvalue weighted by atomic mass is 32.2. The molecule has 1 fully saturated rings. The number of hydrogen-bond acceptors (Lipinski definition) is 4. The van der Waals surface area contributed by atoms with Crippen LogP contribution in [0.5, 0.6) is 0 Å². The second kappa shape index (κ2) is 6.93. The van der Waals surface area contributed by atoms with Crippen molar-refractivity contribution >= 4 is 27.7 Å². The molecule has 1 aromatic rings. The SMILES string of the molecule is CSCC(=O)N1CCN(S(=O)(=O)c2ccc(F)c(F)c2)CC1. The van der Waals surface area contributed by atoms with Gasteiger partial charge in [0.25, 0.3) is 0 Å². The van der Waals surface area contributed by atoms with Crippen LogP contribution in [-0.2, 0) is 14.8 Å². The van der Waals surface area contributed by atoms with E-state index in [1.165, 1.54) is 16.1 Å². The summed E-state index contributed by atoms with van der Waals surface area (Å²) >= 11 is 1.41. The minimum absolute atomic E-state index is 0.0302. The standard InChI is InChI=1S/C13H16F2N2O3S2/c1-21-9-13(18)16-4-6-17(7-5-16)22(19,20)10-2-3-11(14)12(15)8-10/h2-3,8H,4-7,9H2,1H3. The fraction of sp³-hybridized carbons (Fsp3) is 0.462. The van der Waals surface area contributed by atoms with E-state index in [9.17, 15) is 22.0 Å². The fourth-order valence-corrected chi connectivity index (χ4v) is 4.04. The van der Waals surface area contributed by atoms with Gasteiger partial charge in [0.1, 0.15) is 0 Å². The molecule has 1 saturated heterocycles. The van der Waals surface area contributed by atoms with Gasteiger partial charge in [0.05, 0.1) is 10.6 Å². The summed E-state index contributed by atoms with van der Waals surface area (Å²) in [6.07, 6.45) is 1.82. The molecule has 22 heavy (non-hydrogen) atoms. The van der Waals surface area contributed by atoms with Gasteiger partial charge >= 0.3 is 0 Å². The van der Waals surface area contributed by atoms with Crippen LogP contribution in [0.15, 0.2) is 23.1 Å². The lowest BCUT2D eigenvalue weighted by Crippen LogP contribution is -2.50. The summed E-state index contributed by atoms with van der Waals surface area (Å²) < 4.78 is 52.1. The lowest BCUT2D eigenvalue weighted by atomic mass is 10.3. The number of hydrogen-bond donors (Lipinski definition) is 0. The van der Waals surface area contributed by atoms with Crippen molar-refractivity contribution in [2.24, 2.45) is 0 Å². The smallest absolute Gasteiger partial charge is 0.243 e. The Hall–Kier alpha value is -1.19. The zero-order valence-corrected chi connectivity index (χ0v) is 13.6. The number of halogens is 2. The van der Waals surface area contributed by atoms with E-state index in [0.29, 0.717) is 24.9 Å². The van der Waals surface area contributed by atoms with Gasteiger partial charge in [-0.15, -0.1) is 0 Å². The minimum Gasteiger partial charge on any atom is -0.339 e. The summed E-state index contributed by atoms with van der Waals surface area (Å²) in [4.78, 5) is 13.1. The summed E-state index contributed by atoms with van der Waals surface area (Å²) in [7, 11) is -3.88. The Morgan fingerprint density at radius 1 is 1.18 bits per heavy atom. The number of nitrogens with zero attached hydrogens (tertiary/aromatic N) is 2. The number of rotatable bonds is 4. The molecule has 2 rings (SSSR count). The van der Waals surface area contributed by atoms with Crippen LogP contribution in [0.4, 0.5) is 8.78 Å². The van der Waals surface area contributed by atoms with E-state index >= 15 is 0 Å². The molecule has 1 aliphatic heterocycles. The number of thioether (sulfide) groups is 1. The van der Waals surface area contributed by atoms with Gasteiger partial charge in [-0.25, -0.2) is 17.2 Å². The third kappa shape index (κ3) is 3.58. The highest BCUT2D eigenvalue weighted by Crippen LogP contribution is 2.20. The Bertz CT molecular complexity index is 659. The van der Waals surface area contributed by atoms with E-state index in [1.807, 2.05) is 6.26 Å². The Labute approximate surface area is 132 Å². The van der Waals surface area contributed by atoms with Crippen LogP contribution in [0, 0.1) is 11.6 Å². The van der Waals surface area contributed by atoms with Crippen LogP contribution in [0.25, 0.3) is 0 Å². The van der Waals surface area contributed by atoms with Gasteiger partial charge in [-0.1, -0.05) is 0 Å². The van der Waals surface area contributed by atoms with Crippen molar-refractivity contribution in [1.29, 1.82) is 0 Å². The van der Waals surface area contributed by atoms with E-state index in [0.717, 1.165) is 12.1 Å². The lowest BCUT2D eigenvalue weighted by Gasteiger charge is -2.34. The van der Waals surface area contributed by atoms with Crippen molar-refractivity contribution in [3.05, 3.63) is 29.8 Å². The molecule has 5 nitrogen and oxygen atoms in total. The second-order valence-electron chi connectivity index (χ2n) is 4.79. The molecule has 0 aliphatic carbocycles. The van der Waals surface area contributed by atoms with Gasteiger partial charge in [-0.2, -0.15) is 16.1 Å². The summed E-state index contributed by atoms with van der Waals surface area (Å²) in [5.41, 5.74) is 0. The van der Waals surface area contributed by atoms with Gasteiger partial charge in [0.2, 0.25) is 15.9 Å². The average Bonchev–Trinajstić information content (AvgIpc) is 2.50. The Morgan fingerprint density at radius 3 is 2.36 bits per heavy atom. The molecule has 0 unspecified atom stereocenters. The van der Waals surface area contributed by atoms with E-state index in [4.69, 9.17) is 0 Å². The van der Waals surface area contributed by atoms with Crippen LogP contribution >= 0.6 is 11.8 Å². The zero-order valence-electron chi connectivity index (χ0n) is 12.0. The molecule has 0 saturated carbocycles. The molecule has 0 radical (unpaired) electrons. The normalized spacial score (nSPS) is 16.8. The summed E-state index contributed by atoms with van der Waals surface area (Å²) in [5.74, 6) is -1.96. The van der Waals surface area contributed by atoms with Gasteiger partial charge in [-0.05, 0) is 24.5 Å². The molecule has 0 spiro atoms. The van der Waals surface area contributed by atoms with Crippen molar-refractivity contribution in [2.75, 3.05) is 38.2 Å². The van der Waals surface area contributed by atoms with E-state index in [-0.39, 0.29) is 23.9 Å². The maximum absolute atomic E-state index is 13.2. The number of carbonyl (C=O) groups is 1. The van der Waals surface area contributed by atoms with Crippen molar-refractivity contribution in [1.82, 2.24) is 9.21 Å². The van der Waals surface area contributed by atoms with Crippen LogP contribution in [0.2, 0.25) is 0 Å². The first-order chi connectivity index (χ1) is 10.4. The van der Waals surface area contributed by atoms with E-state index in [1.54, 1.807) is 4.90 Å². The molecule has 0 aromatic heterocycles. The molecular weight excluding hydrogens is 334 g/mol. The quantitative estimate of drug-likeness (QED) is 0.818. The number of sulfonamides is 1.